The second-order valence-electron chi connectivity index (χ2n) is 3.71. The van der Waals surface area contributed by atoms with Crippen molar-refractivity contribution in [3.63, 3.8) is 0 Å². The monoisotopic (exact) mass is 240 g/mol. The van der Waals surface area contributed by atoms with Gasteiger partial charge < -0.3 is 0 Å². The number of rotatable bonds is 3. The summed E-state index contributed by atoms with van der Waals surface area (Å²) >= 11 is 1.24. The van der Waals surface area contributed by atoms with Gasteiger partial charge in [0.05, 0.1) is 5.56 Å². The van der Waals surface area contributed by atoms with Gasteiger partial charge in [0.25, 0.3) is 6.43 Å². The number of thioether (sulfide) groups is 1. The van der Waals surface area contributed by atoms with Crippen molar-refractivity contribution >= 4 is 11.8 Å². The standard InChI is InChI=1S/C11H10F2N2S/c1-16-11-8(5-14)7(10(12)13)4-9(15-11)6-2-3-6/h4,6,10H,2-3H2,1H3. The molecule has 84 valence electrons. The predicted octanol–water partition coefficient (Wildman–Crippen LogP) is 3.49. The highest BCUT2D eigenvalue weighted by atomic mass is 32.2. The lowest BCUT2D eigenvalue weighted by molar-refractivity contribution is 0.150. The Hall–Kier alpha value is -1.15. The topological polar surface area (TPSA) is 36.7 Å². The molecule has 0 N–H and O–H groups in total. The maximum absolute atomic E-state index is 12.8. The van der Waals surface area contributed by atoms with Crippen LogP contribution in [-0.4, -0.2) is 11.2 Å². The summed E-state index contributed by atoms with van der Waals surface area (Å²) in [5.41, 5.74) is 0.550. The average Bonchev–Trinajstić information content (AvgIpc) is 3.10. The summed E-state index contributed by atoms with van der Waals surface area (Å²) in [6.07, 6.45) is 1.15. The van der Waals surface area contributed by atoms with E-state index in [2.05, 4.69) is 4.98 Å². The van der Waals surface area contributed by atoms with Crippen molar-refractivity contribution in [2.45, 2.75) is 30.2 Å². The van der Waals surface area contributed by atoms with Crippen LogP contribution in [0.5, 0.6) is 0 Å². The first-order valence-corrected chi connectivity index (χ1v) is 6.17. The molecule has 0 atom stereocenters. The molecule has 0 amide bonds. The number of hydrogen-bond donors (Lipinski definition) is 0. The fourth-order valence-electron chi connectivity index (χ4n) is 1.58. The molecule has 1 heterocycles. The van der Waals surface area contributed by atoms with Gasteiger partial charge in [-0.3, -0.25) is 0 Å². The van der Waals surface area contributed by atoms with Crippen LogP contribution in [-0.2, 0) is 0 Å². The molecule has 0 aliphatic heterocycles. The number of hydrogen-bond acceptors (Lipinski definition) is 3. The van der Waals surface area contributed by atoms with Crippen molar-refractivity contribution < 1.29 is 8.78 Å². The Bertz CT molecular complexity index is 450. The molecule has 2 nitrogen and oxygen atoms in total. The normalized spacial score (nSPS) is 15.2. The van der Waals surface area contributed by atoms with Crippen molar-refractivity contribution in [3.8, 4) is 6.07 Å². The van der Waals surface area contributed by atoms with Crippen molar-refractivity contribution in [1.82, 2.24) is 4.98 Å². The minimum Gasteiger partial charge on any atom is -0.245 e. The lowest BCUT2D eigenvalue weighted by Crippen LogP contribution is -2.00. The van der Waals surface area contributed by atoms with Gasteiger partial charge in [0.15, 0.2) is 0 Å². The van der Waals surface area contributed by atoms with Gasteiger partial charge in [-0.25, -0.2) is 13.8 Å². The lowest BCUT2D eigenvalue weighted by atomic mass is 10.1. The fraction of sp³-hybridized carbons (Fsp3) is 0.455. The Kier molecular flexibility index (Phi) is 3.10. The molecule has 1 aliphatic rings. The molecule has 1 fully saturated rings. The minimum atomic E-state index is -2.61. The maximum Gasteiger partial charge on any atom is 0.265 e. The van der Waals surface area contributed by atoms with Crippen LogP contribution in [0.3, 0.4) is 0 Å². The van der Waals surface area contributed by atoms with Gasteiger partial charge >= 0.3 is 0 Å². The highest BCUT2D eigenvalue weighted by Gasteiger charge is 2.28. The highest BCUT2D eigenvalue weighted by molar-refractivity contribution is 7.98. The molecular formula is C11H10F2N2S. The van der Waals surface area contributed by atoms with E-state index in [9.17, 15) is 8.78 Å². The van der Waals surface area contributed by atoms with E-state index in [-0.39, 0.29) is 11.1 Å². The van der Waals surface area contributed by atoms with Gasteiger partial charge in [0.2, 0.25) is 0 Å². The summed E-state index contributed by atoms with van der Waals surface area (Å²) in [6, 6.07) is 3.21. The van der Waals surface area contributed by atoms with Crippen LogP contribution in [0.1, 0.15) is 42.0 Å². The van der Waals surface area contributed by atoms with Gasteiger partial charge in [-0.15, -0.1) is 11.8 Å². The Morgan fingerprint density at radius 2 is 2.25 bits per heavy atom. The number of aromatic nitrogens is 1. The summed E-state index contributed by atoms with van der Waals surface area (Å²) in [5.74, 6) is 0.316. The summed E-state index contributed by atoms with van der Waals surface area (Å²) in [4.78, 5) is 4.27. The highest BCUT2D eigenvalue weighted by Crippen LogP contribution is 2.41. The zero-order valence-electron chi connectivity index (χ0n) is 8.70. The second-order valence-corrected chi connectivity index (χ2v) is 4.50. The average molecular weight is 240 g/mol. The van der Waals surface area contributed by atoms with Crippen LogP contribution in [0.4, 0.5) is 8.78 Å². The molecular weight excluding hydrogens is 230 g/mol. The van der Waals surface area contributed by atoms with Crippen LogP contribution >= 0.6 is 11.8 Å². The molecule has 0 spiro atoms. The predicted molar refractivity (Wildman–Crippen MR) is 57.7 cm³/mol. The van der Waals surface area contributed by atoms with E-state index in [0.29, 0.717) is 16.6 Å². The van der Waals surface area contributed by atoms with E-state index < -0.39 is 6.43 Å². The largest absolute Gasteiger partial charge is 0.265 e. The van der Waals surface area contributed by atoms with E-state index in [1.165, 1.54) is 17.8 Å². The second kappa shape index (κ2) is 4.38. The molecule has 1 aromatic rings. The third kappa shape index (κ3) is 2.03. The Labute approximate surface area is 96.7 Å². The van der Waals surface area contributed by atoms with Crippen molar-refractivity contribution in [3.05, 3.63) is 22.9 Å². The number of halogens is 2. The van der Waals surface area contributed by atoms with Crippen LogP contribution in [0.25, 0.3) is 0 Å². The third-order valence-corrected chi connectivity index (χ3v) is 3.25. The number of nitriles is 1. The number of pyridine rings is 1. The van der Waals surface area contributed by atoms with E-state index in [4.69, 9.17) is 5.26 Å². The fourth-order valence-corrected chi connectivity index (χ4v) is 2.15. The van der Waals surface area contributed by atoms with Crippen molar-refractivity contribution in [1.29, 1.82) is 5.26 Å². The lowest BCUT2D eigenvalue weighted by Gasteiger charge is -2.09. The number of alkyl halides is 2. The molecule has 0 bridgehead atoms. The molecule has 1 aromatic heterocycles. The molecule has 0 aromatic carbocycles. The third-order valence-electron chi connectivity index (χ3n) is 2.57. The first-order valence-electron chi connectivity index (χ1n) is 4.94. The summed E-state index contributed by atoms with van der Waals surface area (Å²) in [5, 5.41) is 9.31. The first kappa shape index (κ1) is 11.3. The van der Waals surface area contributed by atoms with E-state index in [1.54, 1.807) is 6.26 Å². The Balaban J connectivity index is 2.55. The van der Waals surface area contributed by atoms with Gasteiger partial charge in [0.1, 0.15) is 11.1 Å². The van der Waals surface area contributed by atoms with E-state index in [0.717, 1.165) is 12.8 Å². The maximum atomic E-state index is 12.8. The van der Waals surface area contributed by atoms with Gasteiger partial charge in [-0.05, 0) is 25.2 Å². The van der Waals surface area contributed by atoms with Crippen LogP contribution in [0, 0.1) is 11.3 Å². The zero-order valence-corrected chi connectivity index (χ0v) is 9.52. The molecule has 5 heteroatoms. The quantitative estimate of drug-likeness (QED) is 0.759. The smallest absolute Gasteiger partial charge is 0.245 e. The summed E-state index contributed by atoms with van der Waals surface area (Å²) < 4.78 is 25.6. The summed E-state index contributed by atoms with van der Waals surface area (Å²) in [6.45, 7) is 0. The molecule has 0 radical (unpaired) electrons. The summed E-state index contributed by atoms with van der Waals surface area (Å²) in [7, 11) is 0. The van der Waals surface area contributed by atoms with Gasteiger partial charge in [-0.1, -0.05) is 0 Å². The molecule has 2 rings (SSSR count). The SMILES string of the molecule is CSc1nc(C2CC2)cc(C(F)F)c1C#N. The Morgan fingerprint density at radius 3 is 2.69 bits per heavy atom. The molecule has 1 saturated carbocycles. The molecule has 0 unspecified atom stereocenters. The molecule has 0 saturated heterocycles. The zero-order chi connectivity index (χ0) is 11.7. The first-order chi connectivity index (χ1) is 7.67. The van der Waals surface area contributed by atoms with E-state index >= 15 is 0 Å². The minimum absolute atomic E-state index is 0.0203. The van der Waals surface area contributed by atoms with E-state index in [1.807, 2.05) is 6.07 Å². The Morgan fingerprint density at radius 1 is 1.56 bits per heavy atom. The van der Waals surface area contributed by atoms with Crippen molar-refractivity contribution in [2.75, 3.05) is 6.26 Å². The molecule has 16 heavy (non-hydrogen) atoms. The van der Waals surface area contributed by atoms with Crippen LogP contribution in [0.15, 0.2) is 11.1 Å². The number of nitrogens with zero attached hydrogens (tertiary/aromatic N) is 2. The molecule has 1 aliphatic carbocycles. The van der Waals surface area contributed by atoms with Gasteiger partial charge in [0, 0.05) is 17.2 Å². The van der Waals surface area contributed by atoms with Crippen LogP contribution < -0.4 is 0 Å². The van der Waals surface area contributed by atoms with Crippen molar-refractivity contribution in [2.24, 2.45) is 0 Å². The van der Waals surface area contributed by atoms with Gasteiger partial charge in [-0.2, -0.15) is 5.26 Å². The van der Waals surface area contributed by atoms with Crippen LogP contribution in [0.2, 0.25) is 0 Å².